The first-order chi connectivity index (χ1) is 8.74. The molecule has 1 aromatic carbocycles. The molecule has 1 fully saturated rings. The molecular formula is C13H14BrNO3. The molecule has 0 unspecified atom stereocenters. The van der Waals surface area contributed by atoms with Gasteiger partial charge in [-0.1, -0.05) is 15.9 Å². The highest BCUT2D eigenvalue weighted by Crippen LogP contribution is 2.34. The van der Waals surface area contributed by atoms with Crippen LogP contribution in [-0.2, 0) is 17.7 Å². The minimum absolute atomic E-state index is 0.229. The largest absolute Gasteiger partial charge is 0.493 e. The Morgan fingerprint density at radius 3 is 3.00 bits per heavy atom. The second kappa shape index (κ2) is 4.80. The summed E-state index contributed by atoms with van der Waals surface area (Å²) in [5.74, 6) is 0.941. The molecule has 2 aliphatic rings. The number of rotatable bonds is 2. The third kappa shape index (κ3) is 2.19. The summed E-state index contributed by atoms with van der Waals surface area (Å²) < 4.78 is 11.7. The van der Waals surface area contributed by atoms with Crippen molar-refractivity contribution in [3.8, 4) is 5.75 Å². The lowest BCUT2D eigenvalue weighted by Gasteiger charge is -2.26. The molecule has 0 spiro atoms. The molecule has 2 heterocycles. The number of hydrogen-bond donors (Lipinski definition) is 0. The molecule has 0 N–H and O–H groups in total. The van der Waals surface area contributed by atoms with Gasteiger partial charge >= 0.3 is 6.09 Å². The molecule has 1 amide bonds. The van der Waals surface area contributed by atoms with Crippen molar-refractivity contribution >= 4 is 22.0 Å². The fourth-order valence-corrected chi connectivity index (χ4v) is 2.96. The lowest BCUT2D eigenvalue weighted by molar-refractivity contribution is 0.0697. The molecule has 0 aromatic heterocycles. The van der Waals surface area contributed by atoms with E-state index in [1.54, 1.807) is 4.90 Å². The van der Waals surface area contributed by atoms with Crippen molar-refractivity contribution in [2.24, 2.45) is 0 Å². The van der Waals surface area contributed by atoms with Gasteiger partial charge in [-0.05, 0) is 24.1 Å². The Morgan fingerprint density at radius 2 is 2.17 bits per heavy atom. The number of cyclic esters (lactones) is 1. The summed E-state index contributed by atoms with van der Waals surface area (Å²) in [4.78, 5) is 13.4. The zero-order valence-corrected chi connectivity index (χ0v) is 11.5. The van der Waals surface area contributed by atoms with Crippen molar-refractivity contribution in [2.75, 3.05) is 19.8 Å². The Kier molecular flexibility index (Phi) is 3.16. The van der Waals surface area contributed by atoms with E-state index >= 15 is 0 Å². The number of nitrogens with zero attached hydrogens (tertiary/aromatic N) is 1. The van der Waals surface area contributed by atoms with Crippen molar-refractivity contribution in [1.82, 2.24) is 4.90 Å². The van der Waals surface area contributed by atoms with Crippen LogP contribution in [0.25, 0.3) is 0 Å². The van der Waals surface area contributed by atoms with E-state index in [-0.39, 0.29) is 6.09 Å². The fraction of sp³-hybridized carbons (Fsp3) is 0.462. The van der Waals surface area contributed by atoms with Gasteiger partial charge in [-0.25, -0.2) is 4.79 Å². The molecule has 1 aromatic rings. The van der Waals surface area contributed by atoms with Gasteiger partial charge < -0.3 is 14.4 Å². The topological polar surface area (TPSA) is 38.8 Å². The van der Waals surface area contributed by atoms with Crippen LogP contribution >= 0.6 is 15.9 Å². The molecule has 0 saturated carbocycles. The molecule has 1 saturated heterocycles. The second-order valence-electron chi connectivity index (χ2n) is 4.54. The summed E-state index contributed by atoms with van der Waals surface area (Å²) in [5.41, 5.74) is 2.26. The minimum atomic E-state index is -0.229. The van der Waals surface area contributed by atoms with Crippen molar-refractivity contribution in [2.45, 2.75) is 19.4 Å². The van der Waals surface area contributed by atoms with Gasteiger partial charge in [-0.3, -0.25) is 0 Å². The van der Waals surface area contributed by atoms with Gasteiger partial charge in [-0.15, -0.1) is 0 Å². The molecule has 0 bridgehead atoms. The highest BCUT2D eigenvalue weighted by atomic mass is 79.9. The van der Waals surface area contributed by atoms with Crippen molar-refractivity contribution < 1.29 is 14.3 Å². The van der Waals surface area contributed by atoms with E-state index in [1.165, 1.54) is 5.56 Å². The maximum absolute atomic E-state index is 11.6. The lowest BCUT2D eigenvalue weighted by atomic mass is 10.1. The zero-order valence-electron chi connectivity index (χ0n) is 9.95. The van der Waals surface area contributed by atoms with Gasteiger partial charge in [0.2, 0.25) is 0 Å². The quantitative estimate of drug-likeness (QED) is 0.843. The van der Waals surface area contributed by atoms with Gasteiger partial charge in [0.15, 0.2) is 0 Å². The lowest BCUT2D eigenvalue weighted by Crippen LogP contribution is -2.37. The van der Waals surface area contributed by atoms with Crippen molar-refractivity contribution in [3.63, 3.8) is 0 Å². The normalized spacial score (nSPS) is 18.3. The van der Waals surface area contributed by atoms with E-state index in [0.717, 1.165) is 41.8 Å². The maximum atomic E-state index is 11.6. The Labute approximate surface area is 114 Å². The van der Waals surface area contributed by atoms with E-state index in [2.05, 4.69) is 22.0 Å². The number of halogens is 1. The van der Waals surface area contributed by atoms with E-state index in [1.807, 2.05) is 6.07 Å². The van der Waals surface area contributed by atoms with Crippen LogP contribution < -0.4 is 4.74 Å². The summed E-state index contributed by atoms with van der Waals surface area (Å²) in [6.45, 7) is 2.56. The number of benzene rings is 1. The molecule has 4 nitrogen and oxygen atoms in total. The summed E-state index contributed by atoms with van der Waals surface area (Å²) in [5, 5.41) is 0. The van der Waals surface area contributed by atoms with Crippen LogP contribution in [-0.4, -0.2) is 30.8 Å². The smallest absolute Gasteiger partial charge is 0.410 e. The van der Waals surface area contributed by atoms with Crippen LogP contribution in [0.5, 0.6) is 5.75 Å². The van der Waals surface area contributed by atoms with Gasteiger partial charge in [0.25, 0.3) is 0 Å². The summed E-state index contributed by atoms with van der Waals surface area (Å²) in [6, 6.07) is 4.10. The van der Waals surface area contributed by atoms with Crippen molar-refractivity contribution in [3.05, 3.63) is 27.7 Å². The first-order valence-electron chi connectivity index (χ1n) is 6.10. The number of hydrogen-bond acceptors (Lipinski definition) is 3. The Hall–Kier alpha value is -1.23. The van der Waals surface area contributed by atoms with E-state index < -0.39 is 0 Å². The molecule has 18 heavy (non-hydrogen) atoms. The molecular weight excluding hydrogens is 298 g/mol. The molecule has 0 aliphatic carbocycles. The van der Waals surface area contributed by atoms with E-state index in [4.69, 9.17) is 9.47 Å². The highest BCUT2D eigenvalue weighted by molar-refractivity contribution is 9.10. The van der Waals surface area contributed by atoms with Crippen LogP contribution in [0, 0.1) is 0 Å². The fourth-order valence-electron chi connectivity index (χ4n) is 2.41. The number of carbonyl (C=O) groups is 1. The average Bonchev–Trinajstić information content (AvgIpc) is 2.80. The zero-order chi connectivity index (χ0) is 12.5. The van der Waals surface area contributed by atoms with Crippen molar-refractivity contribution in [1.29, 1.82) is 0 Å². The average molecular weight is 312 g/mol. The Bertz CT molecular complexity index is 489. The monoisotopic (exact) mass is 311 g/mol. The third-order valence-corrected chi connectivity index (χ3v) is 3.70. The SMILES string of the molecule is O=C1OCCCN1Cc1cc(Br)cc2c1OCC2. The van der Waals surface area contributed by atoms with Gasteiger partial charge in [0.05, 0.1) is 19.8 Å². The minimum Gasteiger partial charge on any atom is -0.493 e. The van der Waals surface area contributed by atoms with Gasteiger partial charge in [0.1, 0.15) is 5.75 Å². The molecule has 5 heteroatoms. The van der Waals surface area contributed by atoms with Gasteiger partial charge in [0, 0.05) is 23.0 Å². The first-order valence-corrected chi connectivity index (χ1v) is 6.89. The Morgan fingerprint density at radius 1 is 1.28 bits per heavy atom. The van der Waals surface area contributed by atoms with Crippen LogP contribution in [0.1, 0.15) is 17.5 Å². The van der Waals surface area contributed by atoms with Gasteiger partial charge in [-0.2, -0.15) is 0 Å². The highest BCUT2D eigenvalue weighted by Gasteiger charge is 2.24. The molecule has 96 valence electrons. The van der Waals surface area contributed by atoms with E-state index in [0.29, 0.717) is 13.2 Å². The number of carbonyl (C=O) groups excluding carboxylic acids is 1. The maximum Gasteiger partial charge on any atom is 0.410 e. The van der Waals surface area contributed by atoms with Crippen LogP contribution in [0.15, 0.2) is 16.6 Å². The summed E-state index contributed by atoms with van der Waals surface area (Å²) >= 11 is 3.51. The Balaban J connectivity index is 1.86. The number of amides is 1. The third-order valence-electron chi connectivity index (χ3n) is 3.24. The van der Waals surface area contributed by atoms with Crippen LogP contribution in [0.4, 0.5) is 4.79 Å². The van der Waals surface area contributed by atoms with E-state index in [9.17, 15) is 4.79 Å². The standard InChI is InChI=1S/C13H14BrNO3/c14-11-6-9-2-5-17-12(9)10(7-11)8-15-3-1-4-18-13(15)16/h6-7H,1-5,8H2. The first kappa shape index (κ1) is 11.8. The van der Waals surface area contributed by atoms with Crippen LogP contribution in [0.3, 0.4) is 0 Å². The summed E-state index contributed by atoms with van der Waals surface area (Å²) in [7, 11) is 0. The number of fused-ring (bicyclic) bond motifs is 1. The second-order valence-corrected chi connectivity index (χ2v) is 5.46. The molecule has 3 rings (SSSR count). The predicted octanol–water partition coefficient (Wildman–Crippen LogP) is 2.73. The molecule has 2 aliphatic heterocycles. The summed E-state index contributed by atoms with van der Waals surface area (Å²) in [6.07, 6.45) is 1.60. The molecule has 0 radical (unpaired) electrons. The predicted molar refractivity (Wildman–Crippen MR) is 69.7 cm³/mol. The molecule has 0 atom stereocenters. The van der Waals surface area contributed by atoms with Crippen LogP contribution in [0.2, 0.25) is 0 Å². The number of ether oxygens (including phenoxy) is 2.